The van der Waals surface area contributed by atoms with E-state index in [4.69, 9.17) is 13.9 Å². The van der Waals surface area contributed by atoms with Crippen LogP contribution in [0.3, 0.4) is 0 Å². The quantitative estimate of drug-likeness (QED) is 0.427. The Morgan fingerprint density at radius 3 is 2.14 bits per heavy atom. The van der Waals surface area contributed by atoms with Gasteiger partial charge >= 0.3 is 18.0 Å². The van der Waals surface area contributed by atoms with Crippen LogP contribution in [-0.4, -0.2) is 36.3 Å². The average Bonchev–Trinajstić information content (AvgIpc) is 3.42. The zero-order valence-corrected chi connectivity index (χ0v) is 18.9. The first-order valence-electron chi connectivity index (χ1n) is 11.0. The number of esters is 2. The van der Waals surface area contributed by atoms with Gasteiger partial charge in [0.1, 0.15) is 18.4 Å². The molecular weight excluding hydrogens is 452 g/mol. The third-order valence-corrected chi connectivity index (χ3v) is 5.50. The third-order valence-electron chi connectivity index (χ3n) is 5.50. The zero-order chi connectivity index (χ0) is 24.8. The summed E-state index contributed by atoms with van der Waals surface area (Å²) in [5, 5.41) is 16.7. The summed E-state index contributed by atoms with van der Waals surface area (Å²) in [6, 6.07) is 18.4. The number of carbonyl (C=O) groups excluding carboxylic acids is 3. The molecule has 0 saturated carbocycles. The molecule has 9 nitrogen and oxygen atoms in total. The van der Waals surface area contributed by atoms with Gasteiger partial charge < -0.3 is 29.6 Å². The minimum Gasteiger partial charge on any atom is -0.467 e. The van der Waals surface area contributed by atoms with Crippen molar-refractivity contribution in [2.24, 2.45) is 0 Å². The van der Waals surface area contributed by atoms with Gasteiger partial charge in [0.15, 0.2) is 0 Å². The normalized spacial score (nSPS) is 15.7. The number of hydrogen-bond donors (Lipinski definition) is 3. The fourth-order valence-electron chi connectivity index (χ4n) is 3.85. The molecule has 4 rings (SSSR count). The third kappa shape index (κ3) is 4.80. The zero-order valence-electron chi connectivity index (χ0n) is 18.9. The number of hydrogen-bond acceptors (Lipinski definition) is 7. The topological polar surface area (TPSA) is 127 Å². The smallest absolute Gasteiger partial charge is 0.348 e. The summed E-state index contributed by atoms with van der Waals surface area (Å²) in [6.07, 6.45) is 1.41. The number of ether oxygens (including phenoxy) is 2. The van der Waals surface area contributed by atoms with Crippen LogP contribution in [0.25, 0.3) is 0 Å². The molecule has 0 bridgehead atoms. The first-order chi connectivity index (χ1) is 16.9. The molecular formula is C26H24N2O7. The van der Waals surface area contributed by atoms with Crippen molar-refractivity contribution in [3.63, 3.8) is 0 Å². The second-order valence-corrected chi connectivity index (χ2v) is 7.68. The minimum absolute atomic E-state index is 0.0189. The summed E-state index contributed by atoms with van der Waals surface area (Å²) in [6.45, 7) is 1.24. The highest BCUT2D eigenvalue weighted by atomic mass is 16.6. The van der Waals surface area contributed by atoms with Crippen molar-refractivity contribution in [3.05, 3.63) is 107 Å². The lowest BCUT2D eigenvalue weighted by atomic mass is 9.86. The highest BCUT2D eigenvalue weighted by Crippen LogP contribution is 2.32. The van der Waals surface area contributed by atoms with Gasteiger partial charge in [0.2, 0.25) is 5.60 Å². The molecule has 1 aliphatic rings. The molecule has 9 heteroatoms. The summed E-state index contributed by atoms with van der Waals surface area (Å²) >= 11 is 0. The van der Waals surface area contributed by atoms with Gasteiger partial charge in [-0.25, -0.2) is 14.4 Å². The van der Waals surface area contributed by atoms with E-state index in [0.717, 1.165) is 0 Å². The van der Waals surface area contributed by atoms with Crippen molar-refractivity contribution in [2.45, 2.75) is 18.6 Å². The lowest BCUT2D eigenvalue weighted by Gasteiger charge is -2.30. The highest BCUT2D eigenvalue weighted by molar-refractivity contribution is 5.95. The van der Waals surface area contributed by atoms with Gasteiger partial charge in [-0.15, -0.1) is 0 Å². The van der Waals surface area contributed by atoms with Crippen LogP contribution in [0.2, 0.25) is 0 Å². The summed E-state index contributed by atoms with van der Waals surface area (Å²) in [4.78, 5) is 38.5. The maximum absolute atomic E-state index is 13.3. The molecule has 2 amide bonds. The molecule has 1 aromatic heterocycles. The second-order valence-electron chi connectivity index (χ2n) is 7.68. The van der Waals surface area contributed by atoms with Crippen LogP contribution in [0, 0.1) is 0 Å². The molecule has 0 unspecified atom stereocenters. The van der Waals surface area contributed by atoms with E-state index in [1.165, 1.54) is 6.26 Å². The van der Waals surface area contributed by atoms with E-state index in [9.17, 15) is 19.5 Å². The number of nitrogens with one attached hydrogen (secondary N) is 2. The Morgan fingerprint density at radius 1 is 0.971 bits per heavy atom. The molecule has 1 atom stereocenters. The number of rotatable bonds is 8. The Kier molecular flexibility index (Phi) is 6.98. The Hall–Kier alpha value is -4.37. The highest BCUT2D eigenvalue weighted by Gasteiger charge is 2.42. The van der Waals surface area contributed by atoms with Gasteiger partial charge in [0, 0.05) is 0 Å². The van der Waals surface area contributed by atoms with Crippen LogP contribution in [0.4, 0.5) is 4.79 Å². The average molecular weight is 476 g/mol. The molecule has 0 radical (unpaired) electrons. The van der Waals surface area contributed by atoms with Gasteiger partial charge in [0.25, 0.3) is 0 Å². The van der Waals surface area contributed by atoms with E-state index in [-0.39, 0.29) is 17.9 Å². The van der Waals surface area contributed by atoms with Crippen molar-refractivity contribution in [1.82, 2.24) is 10.6 Å². The molecule has 35 heavy (non-hydrogen) atoms. The largest absolute Gasteiger partial charge is 0.467 e. The van der Waals surface area contributed by atoms with Crippen molar-refractivity contribution in [1.29, 1.82) is 0 Å². The molecule has 0 saturated heterocycles. The summed E-state index contributed by atoms with van der Waals surface area (Å²) < 4.78 is 16.1. The summed E-state index contributed by atoms with van der Waals surface area (Å²) in [5.41, 5.74) is -1.47. The van der Waals surface area contributed by atoms with Crippen molar-refractivity contribution >= 4 is 18.0 Å². The second kappa shape index (κ2) is 10.3. The van der Waals surface area contributed by atoms with Crippen molar-refractivity contribution in [2.75, 3.05) is 13.2 Å². The predicted molar refractivity (Wildman–Crippen MR) is 124 cm³/mol. The number of benzene rings is 2. The van der Waals surface area contributed by atoms with Crippen LogP contribution in [0.1, 0.15) is 29.9 Å². The molecule has 2 heterocycles. The predicted octanol–water partition coefficient (Wildman–Crippen LogP) is 2.93. The SMILES string of the molecule is CCOC(=O)C1=C(COC(=O)C(O)(c2ccccc2)c2ccccc2)NC(=O)N[C@H]1c1ccco1. The van der Waals surface area contributed by atoms with E-state index in [0.29, 0.717) is 16.9 Å². The van der Waals surface area contributed by atoms with E-state index in [1.54, 1.807) is 79.7 Å². The fraction of sp³-hybridized carbons (Fsp3) is 0.192. The summed E-state index contributed by atoms with van der Waals surface area (Å²) in [7, 11) is 0. The minimum atomic E-state index is -2.12. The standard InChI is InChI=1S/C26H24N2O7/c1-2-33-23(29)21-19(27-25(31)28-22(21)20-14-9-15-34-20)16-35-24(30)26(32,17-10-5-3-6-11-17)18-12-7-4-8-13-18/h3-15,22,32H,2,16H2,1H3,(H2,27,28,31)/t22-/m0/s1. The Morgan fingerprint density at radius 2 is 1.60 bits per heavy atom. The fourth-order valence-corrected chi connectivity index (χ4v) is 3.85. The number of carbonyl (C=O) groups is 3. The summed E-state index contributed by atoms with van der Waals surface area (Å²) in [5.74, 6) is -1.39. The molecule has 2 aromatic carbocycles. The first kappa shape index (κ1) is 23.8. The Bertz CT molecular complexity index is 1180. The van der Waals surface area contributed by atoms with Crippen LogP contribution in [0.15, 0.2) is 94.7 Å². The van der Waals surface area contributed by atoms with Crippen LogP contribution in [0.5, 0.6) is 0 Å². The van der Waals surface area contributed by atoms with E-state index >= 15 is 0 Å². The number of amides is 2. The maximum atomic E-state index is 13.3. The molecule has 0 aliphatic carbocycles. The Labute approximate surface area is 201 Å². The lowest BCUT2D eigenvalue weighted by molar-refractivity contribution is -0.161. The lowest BCUT2D eigenvalue weighted by Crippen LogP contribution is -2.47. The van der Waals surface area contributed by atoms with Crippen molar-refractivity contribution < 1.29 is 33.4 Å². The van der Waals surface area contributed by atoms with E-state index in [1.807, 2.05) is 0 Å². The van der Waals surface area contributed by atoms with Gasteiger partial charge in [-0.05, 0) is 30.2 Å². The monoisotopic (exact) mass is 476 g/mol. The number of furan rings is 1. The number of aliphatic hydroxyl groups is 1. The first-order valence-corrected chi connectivity index (χ1v) is 11.0. The Balaban J connectivity index is 1.69. The molecule has 0 fully saturated rings. The maximum Gasteiger partial charge on any atom is 0.348 e. The van der Waals surface area contributed by atoms with Crippen molar-refractivity contribution in [3.8, 4) is 0 Å². The van der Waals surface area contributed by atoms with Crippen LogP contribution >= 0.6 is 0 Å². The number of urea groups is 1. The van der Waals surface area contributed by atoms with Gasteiger partial charge in [-0.1, -0.05) is 60.7 Å². The van der Waals surface area contributed by atoms with Gasteiger partial charge in [-0.2, -0.15) is 0 Å². The van der Waals surface area contributed by atoms with Crippen LogP contribution < -0.4 is 10.6 Å². The molecule has 180 valence electrons. The van der Waals surface area contributed by atoms with E-state index in [2.05, 4.69) is 10.6 Å². The van der Waals surface area contributed by atoms with E-state index < -0.39 is 36.2 Å². The van der Waals surface area contributed by atoms with Crippen LogP contribution in [-0.2, 0) is 24.7 Å². The molecule has 1 aliphatic heterocycles. The van der Waals surface area contributed by atoms with Gasteiger partial charge in [0.05, 0.1) is 24.1 Å². The van der Waals surface area contributed by atoms with Gasteiger partial charge in [-0.3, -0.25) is 0 Å². The molecule has 3 aromatic rings. The molecule has 3 N–H and O–H groups in total. The molecule has 0 spiro atoms.